The summed E-state index contributed by atoms with van der Waals surface area (Å²) in [7, 11) is 0. The van der Waals surface area contributed by atoms with Gasteiger partial charge in [0.05, 0.1) is 0 Å². The molecule has 2 nitrogen and oxygen atoms in total. The number of unbranched alkanes of at least 4 members (excludes halogenated alkanes) is 1. The van der Waals surface area contributed by atoms with Crippen molar-refractivity contribution in [1.82, 2.24) is 0 Å². The van der Waals surface area contributed by atoms with Crippen molar-refractivity contribution in [2.75, 3.05) is 6.61 Å². The van der Waals surface area contributed by atoms with Gasteiger partial charge in [0.2, 0.25) is 0 Å². The predicted molar refractivity (Wildman–Crippen MR) is 65.4 cm³/mol. The summed E-state index contributed by atoms with van der Waals surface area (Å²) >= 11 is 0. The van der Waals surface area contributed by atoms with Crippen molar-refractivity contribution < 1.29 is 9.53 Å². The van der Waals surface area contributed by atoms with E-state index >= 15 is 0 Å². The molecule has 0 aliphatic heterocycles. The number of hydrogen-bond acceptors (Lipinski definition) is 2. The van der Waals surface area contributed by atoms with Gasteiger partial charge in [0.25, 0.3) is 0 Å². The fourth-order valence-electron chi connectivity index (χ4n) is 0.761. The van der Waals surface area contributed by atoms with Crippen LogP contribution in [-0.2, 0) is 9.53 Å². The molecule has 0 aliphatic rings. The molecule has 0 radical (unpaired) electrons. The second kappa shape index (κ2) is 11.1. The molecule has 0 spiro atoms. The molecule has 0 N–H and O–H groups in total. The molecule has 0 rings (SSSR count). The van der Waals surface area contributed by atoms with Crippen LogP contribution in [0.15, 0.2) is 24.8 Å². The molecule has 0 amide bonds. The lowest BCUT2D eigenvalue weighted by atomic mass is 10.3. The lowest BCUT2D eigenvalue weighted by Crippen LogP contribution is -2.01. The first kappa shape index (κ1) is 14.1. The number of allylic oxidation sites excluding steroid dienone is 2. The van der Waals surface area contributed by atoms with Crippen LogP contribution in [0.25, 0.3) is 0 Å². The van der Waals surface area contributed by atoms with Gasteiger partial charge in [0, 0.05) is 18.9 Å². The van der Waals surface area contributed by atoms with E-state index in [9.17, 15) is 4.79 Å². The van der Waals surface area contributed by atoms with Gasteiger partial charge >= 0.3 is 5.97 Å². The van der Waals surface area contributed by atoms with E-state index in [0.717, 1.165) is 12.8 Å². The number of carbonyl (C=O) groups excluding carboxylic acids is 1. The molecule has 0 bridgehead atoms. The molecule has 0 heterocycles. The van der Waals surface area contributed by atoms with E-state index < -0.39 is 0 Å². The number of carbonyl (C=O) groups is 1. The van der Waals surface area contributed by atoms with Gasteiger partial charge < -0.3 is 4.74 Å². The highest BCUT2D eigenvalue weighted by Gasteiger charge is 1.93. The van der Waals surface area contributed by atoms with Gasteiger partial charge in [-0.25, -0.2) is 4.79 Å². The minimum absolute atomic E-state index is 0.298. The van der Waals surface area contributed by atoms with Crippen molar-refractivity contribution in [2.45, 2.75) is 26.2 Å². The van der Waals surface area contributed by atoms with E-state index in [2.05, 4.69) is 37.2 Å². The SMILES string of the molecule is C=CC#CCCOC(=O)/C=C\C#CCCC. The lowest BCUT2D eigenvalue weighted by molar-refractivity contribution is -0.137. The third-order valence-electron chi connectivity index (χ3n) is 1.46. The quantitative estimate of drug-likeness (QED) is 0.312. The van der Waals surface area contributed by atoms with Crippen LogP contribution in [-0.4, -0.2) is 12.6 Å². The van der Waals surface area contributed by atoms with Gasteiger partial charge in [-0.1, -0.05) is 37.2 Å². The summed E-state index contributed by atoms with van der Waals surface area (Å²) in [6, 6.07) is 0. The smallest absolute Gasteiger partial charge is 0.331 e. The third-order valence-corrected chi connectivity index (χ3v) is 1.46. The summed E-state index contributed by atoms with van der Waals surface area (Å²) in [6.45, 7) is 5.80. The Labute approximate surface area is 97.4 Å². The second-order valence-electron chi connectivity index (χ2n) is 2.85. The average Bonchev–Trinajstić information content (AvgIpc) is 2.28. The van der Waals surface area contributed by atoms with E-state index in [1.165, 1.54) is 18.2 Å². The van der Waals surface area contributed by atoms with E-state index in [1.54, 1.807) is 0 Å². The summed E-state index contributed by atoms with van der Waals surface area (Å²) in [5.74, 6) is 10.7. The Morgan fingerprint density at radius 2 is 2.06 bits per heavy atom. The van der Waals surface area contributed by atoms with E-state index in [0.29, 0.717) is 13.0 Å². The summed E-state index contributed by atoms with van der Waals surface area (Å²) in [4.78, 5) is 11.1. The average molecular weight is 216 g/mol. The van der Waals surface area contributed by atoms with Crippen molar-refractivity contribution in [3.8, 4) is 23.7 Å². The minimum atomic E-state index is -0.383. The molecule has 84 valence electrons. The molecule has 0 unspecified atom stereocenters. The van der Waals surface area contributed by atoms with Crippen molar-refractivity contribution in [3.63, 3.8) is 0 Å². The third kappa shape index (κ3) is 10.2. The molecule has 16 heavy (non-hydrogen) atoms. The molecule has 0 aromatic carbocycles. The minimum Gasteiger partial charge on any atom is -0.461 e. The van der Waals surface area contributed by atoms with Gasteiger partial charge in [-0.2, -0.15) is 0 Å². The molecular weight excluding hydrogens is 200 g/mol. The summed E-state index contributed by atoms with van der Waals surface area (Å²) < 4.78 is 4.86. The lowest BCUT2D eigenvalue weighted by Gasteiger charge is -1.95. The highest BCUT2D eigenvalue weighted by atomic mass is 16.5. The zero-order chi connectivity index (χ0) is 12.1. The second-order valence-corrected chi connectivity index (χ2v) is 2.85. The highest BCUT2D eigenvalue weighted by molar-refractivity contribution is 5.82. The van der Waals surface area contributed by atoms with Gasteiger partial charge in [0.1, 0.15) is 6.61 Å². The van der Waals surface area contributed by atoms with Crippen molar-refractivity contribution >= 4 is 5.97 Å². The Hall–Kier alpha value is -1.93. The van der Waals surface area contributed by atoms with Gasteiger partial charge in [-0.15, -0.1) is 0 Å². The zero-order valence-corrected chi connectivity index (χ0v) is 9.58. The topological polar surface area (TPSA) is 26.3 Å². The number of esters is 1. The van der Waals surface area contributed by atoms with Crippen LogP contribution in [0.1, 0.15) is 26.2 Å². The Balaban J connectivity index is 3.67. The van der Waals surface area contributed by atoms with Crippen LogP contribution in [0.2, 0.25) is 0 Å². The van der Waals surface area contributed by atoms with E-state index in [1.807, 2.05) is 0 Å². The fourth-order valence-corrected chi connectivity index (χ4v) is 0.761. The summed E-state index contributed by atoms with van der Waals surface area (Å²) in [5.41, 5.74) is 0. The van der Waals surface area contributed by atoms with Crippen molar-refractivity contribution in [1.29, 1.82) is 0 Å². The largest absolute Gasteiger partial charge is 0.461 e. The van der Waals surface area contributed by atoms with Crippen molar-refractivity contribution in [3.05, 3.63) is 24.8 Å². The molecule has 0 aromatic rings. The molecule has 0 fully saturated rings. The van der Waals surface area contributed by atoms with E-state index in [4.69, 9.17) is 4.74 Å². The first-order chi connectivity index (χ1) is 7.81. The standard InChI is InChI=1S/C14H16O2/c1-3-5-7-9-10-12-14(15)16-13-11-8-6-4-2/h4,10,12H,2-3,5,11,13H2,1H3/b12-10-. The molecular formula is C14H16O2. The molecule has 0 aliphatic carbocycles. The molecule has 0 aromatic heterocycles. The molecule has 0 saturated heterocycles. The fraction of sp³-hybridized carbons (Fsp3) is 0.357. The summed E-state index contributed by atoms with van der Waals surface area (Å²) in [5, 5.41) is 0. The van der Waals surface area contributed by atoms with Crippen LogP contribution < -0.4 is 0 Å². The van der Waals surface area contributed by atoms with Crippen LogP contribution in [0.3, 0.4) is 0 Å². The Morgan fingerprint density at radius 3 is 2.75 bits per heavy atom. The van der Waals surface area contributed by atoms with Crippen LogP contribution >= 0.6 is 0 Å². The summed E-state index contributed by atoms with van der Waals surface area (Å²) in [6.07, 6.45) is 6.72. The number of ether oxygens (including phenoxy) is 1. The van der Waals surface area contributed by atoms with Gasteiger partial charge in [-0.05, 0) is 18.6 Å². The number of rotatable bonds is 4. The number of hydrogen-bond donors (Lipinski definition) is 0. The van der Waals surface area contributed by atoms with Crippen LogP contribution in [0.4, 0.5) is 0 Å². The highest BCUT2D eigenvalue weighted by Crippen LogP contribution is 1.85. The zero-order valence-electron chi connectivity index (χ0n) is 9.58. The predicted octanol–water partition coefficient (Wildman–Crippen LogP) is 2.47. The molecule has 0 saturated carbocycles. The first-order valence-electron chi connectivity index (χ1n) is 5.22. The Bertz CT molecular complexity index is 356. The van der Waals surface area contributed by atoms with Crippen LogP contribution in [0, 0.1) is 23.7 Å². The maximum atomic E-state index is 11.1. The van der Waals surface area contributed by atoms with Gasteiger partial charge in [0.15, 0.2) is 0 Å². The van der Waals surface area contributed by atoms with E-state index in [-0.39, 0.29) is 5.97 Å². The van der Waals surface area contributed by atoms with Gasteiger partial charge in [-0.3, -0.25) is 0 Å². The molecule has 0 atom stereocenters. The first-order valence-corrected chi connectivity index (χ1v) is 5.22. The van der Waals surface area contributed by atoms with Crippen LogP contribution in [0.5, 0.6) is 0 Å². The maximum absolute atomic E-state index is 11.1. The molecule has 2 heteroatoms. The maximum Gasteiger partial charge on any atom is 0.331 e. The monoisotopic (exact) mass is 216 g/mol. The normalized spacial score (nSPS) is 8.56. The van der Waals surface area contributed by atoms with Crippen molar-refractivity contribution in [2.24, 2.45) is 0 Å². The Kier molecular flexibility index (Phi) is 9.80. The Morgan fingerprint density at radius 1 is 1.31 bits per heavy atom.